The number of nitrogens with one attached hydrogen (secondary N) is 1. The number of rotatable bonds is 5. The largest absolute Gasteiger partial charge is 0.341 e. The van der Waals surface area contributed by atoms with Crippen LogP contribution in [0, 0.1) is 13.8 Å². The van der Waals surface area contributed by atoms with Crippen molar-refractivity contribution in [2.24, 2.45) is 0 Å². The Morgan fingerprint density at radius 2 is 1.91 bits per heavy atom. The van der Waals surface area contributed by atoms with Crippen molar-refractivity contribution in [2.75, 3.05) is 32.0 Å². The Labute approximate surface area is 138 Å². The first-order valence-electron chi connectivity index (χ1n) is 8.25. The predicted octanol–water partition coefficient (Wildman–Crippen LogP) is 2.18. The van der Waals surface area contributed by atoms with Gasteiger partial charge in [-0.2, -0.15) is 0 Å². The first-order chi connectivity index (χ1) is 10.9. The van der Waals surface area contributed by atoms with E-state index in [1.807, 2.05) is 50.9 Å². The third kappa shape index (κ3) is 4.32. The lowest BCUT2D eigenvalue weighted by Gasteiger charge is -2.27. The highest BCUT2D eigenvalue weighted by Crippen LogP contribution is 2.18. The molecule has 1 heterocycles. The van der Waals surface area contributed by atoms with Crippen LogP contribution >= 0.6 is 0 Å². The monoisotopic (exact) mass is 317 g/mol. The molecule has 1 aliphatic rings. The van der Waals surface area contributed by atoms with Gasteiger partial charge in [0.2, 0.25) is 11.8 Å². The minimum absolute atomic E-state index is 0.0951. The Balaban J connectivity index is 1.91. The van der Waals surface area contributed by atoms with Crippen LogP contribution in [0.1, 0.15) is 30.9 Å². The fraction of sp³-hybridized carbons (Fsp3) is 0.556. The molecule has 0 bridgehead atoms. The van der Waals surface area contributed by atoms with Gasteiger partial charge in [-0.15, -0.1) is 0 Å². The smallest absolute Gasteiger partial charge is 0.239 e. The molecule has 0 aliphatic carbocycles. The van der Waals surface area contributed by atoms with Gasteiger partial charge in [-0.1, -0.05) is 12.1 Å². The Morgan fingerprint density at radius 3 is 2.57 bits per heavy atom. The topological polar surface area (TPSA) is 52.7 Å². The van der Waals surface area contributed by atoms with E-state index in [0.29, 0.717) is 0 Å². The number of carbonyl (C=O) groups excluding carboxylic acids is 2. The van der Waals surface area contributed by atoms with Gasteiger partial charge in [-0.05, 0) is 57.9 Å². The zero-order valence-electron chi connectivity index (χ0n) is 14.6. The quantitative estimate of drug-likeness (QED) is 0.905. The molecule has 5 nitrogen and oxygen atoms in total. The summed E-state index contributed by atoms with van der Waals surface area (Å²) >= 11 is 0. The summed E-state index contributed by atoms with van der Waals surface area (Å²) in [6.07, 6.45) is 2.16. The number of carbonyl (C=O) groups is 2. The van der Waals surface area contributed by atoms with Crippen LogP contribution in [0.25, 0.3) is 0 Å². The van der Waals surface area contributed by atoms with Gasteiger partial charge in [0.05, 0.1) is 12.6 Å². The van der Waals surface area contributed by atoms with Gasteiger partial charge >= 0.3 is 0 Å². The number of benzene rings is 1. The van der Waals surface area contributed by atoms with Crippen LogP contribution in [0.3, 0.4) is 0 Å². The molecular weight excluding hydrogens is 290 g/mol. The van der Waals surface area contributed by atoms with Crippen molar-refractivity contribution in [2.45, 2.75) is 39.7 Å². The minimum Gasteiger partial charge on any atom is -0.341 e. The van der Waals surface area contributed by atoms with Crippen molar-refractivity contribution in [3.8, 4) is 0 Å². The SMILES string of the molecule is Cc1cccc(NC(=O)CN(C)[C@@H](C)C(=O)N2CCCC2)c1C. The van der Waals surface area contributed by atoms with E-state index in [9.17, 15) is 9.59 Å². The van der Waals surface area contributed by atoms with Gasteiger partial charge in [-0.3, -0.25) is 14.5 Å². The van der Waals surface area contributed by atoms with E-state index in [1.165, 1.54) is 0 Å². The molecule has 1 aromatic carbocycles. The summed E-state index contributed by atoms with van der Waals surface area (Å²) in [4.78, 5) is 28.3. The second-order valence-corrected chi connectivity index (χ2v) is 6.42. The van der Waals surface area contributed by atoms with Crippen LogP contribution in [-0.4, -0.2) is 54.3 Å². The number of likely N-dealkylation sites (N-methyl/N-ethyl adjacent to an activating group) is 1. The Bertz CT molecular complexity index is 580. The van der Waals surface area contributed by atoms with E-state index < -0.39 is 0 Å². The molecule has 2 amide bonds. The summed E-state index contributed by atoms with van der Waals surface area (Å²) in [7, 11) is 1.82. The standard InChI is InChI=1S/C18H27N3O2/c1-13-8-7-9-16(14(13)2)19-17(22)12-20(4)15(3)18(23)21-10-5-6-11-21/h7-9,15H,5-6,10-12H2,1-4H3,(H,19,22)/t15-/m0/s1. The maximum atomic E-state index is 12.4. The van der Waals surface area contributed by atoms with Gasteiger partial charge in [-0.25, -0.2) is 0 Å². The number of nitrogens with zero attached hydrogens (tertiary/aromatic N) is 2. The maximum Gasteiger partial charge on any atom is 0.239 e. The molecule has 2 rings (SSSR count). The molecular formula is C18H27N3O2. The third-order valence-electron chi connectivity index (χ3n) is 4.71. The Hall–Kier alpha value is -1.88. The Morgan fingerprint density at radius 1 is 1.26 bits per heavy atom. The summed E-state index contributed by atoms with van der Waals surface area (Å²) in [5.41, 5.74) is 3.06. The van der Waals surface area contributed by atoms with Gasteiger partial charge in [0.15, 0.2) is 0 Å². The average Bonchev–Trinajstić information content (AvgIpc) is 3.04. The number of hydrogen-bond donors (Lipinski definition) is 1. The second-order valence-electron chi connectivity index (χ2n) is 6.42. The molecule has 1 saturated heterocycles. The molecule has 1 aliphatic heterocycles. The molecule has 1 fully saturated rings. The van der Waals surface area contributed by atoms with Crippen LogP contribution in [0.15, 0.2) is 18.2 Å². The van der Waals surface area contributed by atoms with E-state index in [0.717, 1.165) is 42.7 Å². The molecule has 1 N–H and O–H groups in total. The second kappa shape index (κ2) is 7.59. The zero-order chi connectivity index (χ0) is 17.0. The summed E-state index contributed by atoms with van der Waals surface area (Å²) in [6, 6.07) is 5.58. The fourth-order valence-electron chi connectivity index (χ4n) is 2.83. The number of aryl methyl sites for hydroxylation is 1. The lowest BCUT2D eigenvalue weighted by atomic mass is 10.1. The first-order valence-corrected chi connectivity index (χ1v) is 8.25. The third-order valence-corrected chi connectivity index (χ3v) is 4.71. The molecule has 5 heteroatoms. The highest BCUT2D eigenvalue weighted by atomic mass is 16.2. The van der Waals surface area contributed by atoms with E-state index >= 15 is 0 Å². The number of hydrogen-bond acceptors (Lipinski definition) is 3. The summed E-state index contributed by atoms with van der Waals surface area (Å²) in [5.74, 6) is 0.0202. The van der Waals surface area contributed by atoms with Crippen molar-refractivity contribution >= 4 is 17.5 Å². The number of anilines is 1. The summed E-state index contributed by atoms with van der Waals surface area (Å²) < 4.78 is 0. The fourth-order valence-corrected chi connectivity index (χ4v) is 2.83. The van der Waals surface area contributed by atoms with Crippen LogP contribution in [0.4, 0.5) is 5.69 Å². The van der Waals surface area contributed by atoms with E-state index in [1.54, 1.807) is 4.90 Å². The van der Waals surface area contributed by atoms with Crippen LogP contribution in [0.2, 0.25) is 0 Å². The van der Waals surface area contributed by atoms with Crippen molar-refractivity contribution in [3.63, 3.8) is 0 Å². The minimum atomic E-state index is -0.280. The summed E-state index contributed by atoms with van der Waals surface area (Å²) in [6.45, 7) is 7.76. The average molecular weight is 317 g/mol. The normalized spacial score (nSPS) is 15.8. The Kier molecular flexibility index (Phi) is 5.77. The van der Waals surface area contributed by atoms with Crippen molar-refractivity contribution in [1.29, 1.82) is 0 Å². The van der Waals surface area contributed by atoms with Crippen LogP contribution in [-0.2, 0) is 9.59 Å². The van der Waals surface area contributed by atoms with Crippen LogP contribution in [0.5, 0.6) is 0 Å². The molecule has 0 unspecified atom stereocenters. The first kappa shape index (κ1) is 17.5. The number of likely N-dealkylation sites (tertiary alicyclic amines) is 1. The van der Waals surface area contributed by atoms with Gasteiger partial charge in [0.25, 0.3) is 0 Å². The van der Waals surface area contributed by atoms with Crippen molar-refractivity contribution in [3.05, 3.63) is 29.3 Å². The summed E-state index contributed by atoms with van der Waals surface area (Å²) in [5, 5.41) is 2.94. The van der Waals surface area contributed by atoms with E-state index in [2.05, 4.69) is 5.32 Å². The lowest BCUT2D eigenvalue weighted by molar-refractivity contribution is -0.135. The van der Waals surface area contributed by atoms with E-state index in [4.69, 9.17) is 0 Å². The molecule has 23 heavy (non-hydrogen) atoms. The maximum absolute atomic E-state index is 12.4. The zero-order valence-corrected chi connectivity index (χ0v) is 14.6. The molecule has 0 saturated carbocycles. The van der Waals surface area contributed by atoms with Gasteiger partial charge < -0.3 is 10.2 Å². The molecule has 0 spiro atoms. The molecule has 126 valence electrons. The molecule has 0 aromatic heterocycles. The van der Waals surface area contributed by atoms with E-state index in [-0.39, 0.29) is 24.4 Å². The lowest BCUT2D eigenvalue weighted by Crippen LogP contribution is -2.46. The molecule has 1 aromatic rings. The number of amides is 2. The van der Waals surface area contributed by atoms with Crippen molar-refractivity contribution in [1.82, 2.24) is 9.80 Å². The predicted molar refractivity (Wildman–Crippen MR) is 92.5 cm³/mol. The molecule has 1 atom stereocenters. The van der Waals surface area contributed by atoms with Crippen LogP contribution < -0.4 is 5.32 Å². The highest BCUT2D eigenvalue weighted by Gasteiger charge is 2.26. The molecule has 0 radical (unpaired) electrons. The van der Waals surface area contributed by atoms with Crippen molar-refractivity contribution < 1.29 is 9.59 Å². The van der Waals surface area contributed by atoms with Gasteiger partial charge in [0, 0.05) is 18.8 Å². The van der Waals surface area contributed by atoms with Gasteiger partial charge in [0.1, 0.15) is 0 Å². The highest BCUT2D eigenvalue weighted by molar-refractivity contribution is 5.93.